The van der Waals surface area contributed by atoms with Gasteiger partial charge in [0.15, 0.2) is 5.16 Å². The second-order valence-corrected chi connectivity index (χ2v) is 9.41. The number of hydrogen-bond acceptors (Lipinski definition) is 6. The van der Waals surface area contributed by atoms with Gasteiger partial charge >= 0.3 is 0 Å². The molecule has 0 saturated carbocycles. The molecule has 0 saturated heterocycles. The number of benzene rings is 1. The Bertz CT molecular complexity index is 1190. The molecule has 7 nitrogen and oxygen atoms in total. The zero-order valence-corrected chi connectivity index (χ0v) is 18.5. The van der Waals surface area contributed by atoms with E-state index in [4.69, 9.17) is 11.6 Å². The summed E-state index contributed by atoms with van der Waals surface area (Å²) in [6.07, 6.45) is 4.16. The Labute approximate surface area is 185 Å². The van der Waals surface area contributed by atoms with Gasteiger partial charge in [0.2, 0.25) is 5.91 Å². The van der Waals surface area contributed by atoms with Crippen LogP contribution in [-0.2, 0) is 24.7 Å². The summed E-state index contributed by atoms with van der Waals surface area (Å²) in [5.41, 5.74) is 6.19. The minimum Gasteiger partial charge on any atom is -0.290 e. The molecule has 2 N–H and O–H groups in total. The van der Waals surface area contributed by atoms with Crippen LogP contribution in [0.1, 0.15) is 33.6 Å². The highest BCUT2D eigenvalue weighted by molar-refractivity contribution is 7.99. The van der Waals surface area contributed by atoms with Crippen molar-refractivity contribution in [2.75, 3.05) is 5.75 Å². The molecule has 0 spiro atoms. The molecule has 0 radical (unpaired) electrons. The number of nitrogens with one attached hydrogen (secondary N) is 2. The smallest absolute Gasteiger partial charge is 0.269 e. The fourth-order valence-electron chi connectivity index (χ4n) is 3.36. The van der Waals surface area contributed by atoms with Crippen molar-refractivity contribution in [1.82, 2.24) is 20.4 Å². The third-order valence-electron chi connectivity index (χ3n) is 4.91. The number of amides is 2. The van der Waals surface area contributed by atoms with Crippen LogP contribution >= 0.6 is 34.7 Å². The lowest BCUT2D eigenvalue weighted by atomic mass is 9.97. The molecule has 2 amide bonds. The standard InChI is InChI=1S/C20H19ClN4O3S2/c1-25-19(28)16-13-4-2-3-5-14(13)30-18(16)22-20(25)29-10-15(26)23-24-17(27)11-6-8-12(21)9-7-11/h6-9H,2-5,10H2,1H3,(H,23,26)(H,24,27). The van der Waals surface area contributed by atoms with Gasteiger partial charge in [-0.2, -0.15) is 0 Å². The van der Waals surface area contributed by atoms with Gasteiger partial charge in [0.05, 0.1) is 11.1 Å². The van der Waals surface area contributed by atoms with Crippen LogP contribution in [0, 0.1) is 0 Å². The Balaban J connectivity index is 1.41. The number of aryl methyl sites for hydroxylation is 2. The van der Waals surface area contributed by atoms with Gasteiger partial charge in [0, 0.05) is 22.5 Å². The van der Waals surface area contributed by atoms with E-state index in [1.165, 1.54) is 9.44 Å². The molecular weight excluding hydrogens is 444 g/mol. The Morgan fingerprint density at radius 1 is 1.20 bits per heavy atom. The first kappa shape index (κ1) is 20.9. The van der Waals surface area contributed by atoms with Gasteiger partial charge in [0.25, 0.3) is 11.5 Å². The molecule has 2 heterocycles. The summed E-state index contributed by atoms with van der Waals surface area (Å²) >= 11 is 8.54. The van der Waals surface area contributed by atoms with Crippen molar-refractivity contribution in [3.8, 4) is 0 Å². The van der Waals surface area contributed by atoms with Gasteiger partial charge in [-0.1, -0.05) is 23.4 Å². The molecule has 10 heteroatoms. The largest absolute Gasteiger partial charge is 0.290 e. The zero-order valence-electron chi connectivity index (χ0n) is 16.2. The SMILES string of the molecule is Cn1c(SCC(=O)NNC(=O)c2ccc(Cl)cc2)nc2sc3c(c2c1=O)CCCC3. The van der Waals surface area contributed by atoms with Crippen LogP contribution in [0.5, 0.6) is 0 Å². The second kappa shape index (κ2) is 8.79. The number of carbonyl (C=O) groups excluding carboxylic acids is 2. The van der Waals surface area contributed by atoms with Crippen molar-refractivity contribution in [2.24, 2.45) is 7.05 Å². The lowest BCUT2D eigenvalue weighted by Gasteiger charge is -2.11. The molecule has 0 atom stereocenters. The average Bonchev–Trinajstić information content (AvgIpc) is 3.12. The number of fused-ring (bicyclic) bond motifs is 3. The highest BCUT2D eigenvalue weighted by atomic mass is 35.5. The second-order valence-electron chi connectivity index (χ2n) is 6.95. The number of aromatic nitrogens is 2. The maximum Gasteiger partial charge on any atom is 0.269 e. The highest BCUT2D eigenvalue weighted by Crippen LogP contribution is 2.34. The van der Waals surface area contributed by atoms with Crippen molar-refractivity contribution in [3.05, 3.63) is 55.6 Å². The summed E-state index contributed by atoms with van der Waals surface area (Å²) in [6, 6.07) is 6.32. The van der Waals surface area contributed by atoms with Crippen LogP contribution in [0.25, 0.3) is 10.2 Å². The van der Waals surface area contributed by atoms with E-state index in [0.29, 0.717) is 15.7 Å². The first-order chi connectivity index (χ1) is 14.4. The first-order valence-corrected chi connectivity index (χ1v) is 11.6. The molecule has 1 aromatic carbocycles. The molecule has 0 fully saturated rings. The van der Waals surface area contributed by atoms with E-state index >= 15 is 0 Å². The van der Waals surface area contributed by atoms with Gasteiger partial charge in [0.1, 0.15) is 4.83 Å². The van der Waals surface area contributed by atoms with Crippen molar-refractivity contribution in [2.45, 2.75) is 30.8 Å². The Morgan fingerprint density at radius 3 is 2.70 bits per heavy atom. The quantitative estimate of drug-likeness (QED) is 0.353. The molecule has 30 heavy (non-hydrogen) atoms. The van der Waals surface area contributed by atoms with E-state index in [1.54, 1.807) is 42.6 Å². The average molecular weight is 463 g/mol. The van der Waals surface area contributed by atoms with Gasteiger partial charge < -0.3 is 0 Å². The molecule has 2 aromatic heterocycles. The summed E-state index contributed by atoms with van der Waals surface area (Å²) in [5.74, 6) is -0.833. The third-order valence-corrected chi connectivity index (χ3v) is 7.38. The van der Waals surface area contributed by atoms with Crippen molar-refractivity contribution in [1.29, 1.82) is 0 Å². The van der Waals surface area contributed by atoms with Crippen LogP contribution in [0.4, 0.5) is 0 Å². The minimum absolute atomic E-state index is 0.0117. The number of carbonyl (C=O) groups is 2. The molecule has 4 rings (SSSR count). The van der Waals surface area contributed by atoms with Crippen molar-refractivity contribution in [3.63, 3.8) is 0 Å². The Kier molecular flexibility index (Phi) is 6.12. The van der Waals surface area contributed by atoms with E-state index in [-0.39, 0.29) is 11.3 Å². The van der Waals surface area contributed by atoms with E-state index in [2.05, 4.69) is 15.8 Å². The van der Waals surface area contributed by atoms with Crippen LogP contribution in [0.15, 0.2) is 34.2 Å². The van der Waals surface area contributed by atoms with Gasteiger partial charge in [-0.05, 0) is 55.5 Å². The Morgan fingerprint density at radius 2 is 1.93 bits per heavy atom. The maximum atomic E-state index is 12.9. The first-order valence-electron chi connectivity index (χ1n) is 9.43. The molecule has 0 unspecified atom stereocenters. The lowest BCUT2D eigenvalue weighted by Crippen LogP contribution is -2.42. The molecule has 0 aliphatic heterocycles. The van der Waals surface area contributed by atoms with Crippen LogP contribution in [-0.4, -0.2) is 27.1 Å². The van der Waals surface area contributed by atoms with Gasteiger partial charge in [-0.25, -0.2) is 4.98 Å². The summed E-state index contributed by atoms with van der Waals surface area (Å²) in [6.45, 7) is 0. The number of hydrazine groups is 1. The van der Waals surface area contributed by atoms with E-state index in [9.17, 15) is 14.4 Å². The predicted octanol–water partition coefficient (Wildman–Crippen LogP) is 3.08. The summed E-state index contributed by atoms with van der Waals surface area (Å²) in [5, 5.41) is 1.72. The number of hydrogen-bond donors (Lipinski definition) is 2. The molecule has 3 aromatic rings. The van der Waals surface area contributed by atoms with Crippen LogP contribution in [0.2, 0.25) is 5.02 Å². The third kappa shape index (κ3) is 4.23. The highest BCUT2D eigenvalue weighted by Gasteiger charge is 2.21. The van der Waals surface area contributed by atoms with Crippen molar-refractivity contribution >= 4 is 56.7 Å². The molecule has 156 valence electrons. The van der Waals surface area contributed by atoms with Crippen molar-refractivity contribution < 1.29 is 9.59 Å². The van der Waals surface area contributed by atoms with E-state index < -0.39 is 11.8 Å². The monoisotopic (exact) mass is 462 g/mol. The Hall–Kier alpha value is -2.36. The number of nitrogens with zero attached hydrogens (tertiary/aromatic N) is 2. The topological polar surface area (TPSA) is 93.1 Å². The number of thioether (sulfide) groups is 1. The van der Waals surface area contributed by atoms with Gasteiger partial charge in [-0.15, -0.1) is 11.3 Å². The van der Waals surface area contributed by atoms with Gasteiger partial charge in [-0.3, -0.25) is 29.8 Å². The summed E-state index contributed by atoms with van der Waals surface area (Å²) in [7, 11) is 1.67. The predicted molar refractivity (Wildman–Crippen MR) is 119 cm³/mol. The fraction of sp³-hybridized carbons (Fsp3) is 0.300. The zero-order chi connectivity index (χ0) is 21.3. The number of rotatable bonds is 4. The van der Waals surface area contributed by atoms with Crippen LogP contribution in [0.3, 0.4) is 0 Å². The number of halogens is 1. The van der Waals surface area contributed by atoms with E-state index in [1.807, 2.05) is 0 Å². The summed E-state index contributed by atoms with van der Waals surface area (Å²) < 4.78 is 1.49. The minimum atomic E-state index is -0.443. The summed E-state index contributed by atoms with van der Waals surface area (Å²) in [4.78, 5) is 43.7. The fourth-order valence-corrected chi connectivity index (χ4v) is 5.56. The normalized spacial score (nSPS) is 13.1. The lowest BCUT2D eigenvalue weighted by molar-refractivity contribution is -0.119. The molecular formula is C20H19ClN4O3S2. The molecule has 1 aliphatic carbocycles. The molecule has 0 bridgehead atoms. The van der Waals surface area contributed by atoms with E-state index in [0.717, 1.165) is 53.2 Å². The molecule has 1 aliphatic rings. The number of thiophene rings is 1. The van der Waals surface area contributed by atoms with Crippen LogP contribution < -0.4 is 16.4 Å². The maximum absolute atomic E-state index is 12.9.